The van der Waals surface area contributed by atoms with Crippen LogP contribution in [0.1, 0.15) is 29.2 Å². The van der Waals surface area contributed by atoms with Gasteiger partial charge in [0.1, 0.15) is 0 Å². The van der Waals surface area contributed by atoms with Crippen LogP contribution in [0.3, 0.4) is 0 Å². The molecular formula is C11H17N3O3S. The molecular weight excluding hydrogens is 254 g/mol. The summed E-state index contributed by atoms with van der Waals surface area (Å²) < 4.78 is 0. The van der Waals surface area contributed by atoms with E-state index in [1.54, 1.807) is 6.92 Å². The van der Waals surface area contributed by atoms with E-state index in [0.717, 1.165) is 0 Å². The van der Waals surface area contributed by atoms with Crippen LogP contribution in [0, 0.1) is 12.8 Å². The molecule has 1 heterocycles. The van der Waals surface area contributed by atoms with Crippen LogP contribution in [0.25, 0.3) is 0 Å². The first kappa shape index (κ1) is 14.4. The largest absolute Gasteiger partial charge is 0.476 e. The van der Waals surface area contributed by atoms with Gasteiger partial charge in [0.05, 0.1) is 6.54 Å². The van der Waals surface area contributed by atoms with E-state index < -0.39 is 5.97 Å². The summed E-state index contributed by atoms with van der Waals surface area (Å²) >= 11 is 1.23. The van der Waals surface area contributed by atoms with Gasteiger partial charge in [0.2, 0.25) is 5.91 Å². The van der Waals surface area contributed by atoms with E-state index in [1.807, 2.05) is 13.8 Å². The molecule has 0 aliphatic rings. The number of carbonyl (C=O) groups is 2. The lowest BCUT2D eigenvalue weighted by Gasteiger charge is -2.07. The van der Waals surface area contributed by atoms with E-state index in [4.69, 9.17) is 5.11 Å². The van der Waals surface area contributed by atoms with E-state index in [2.05, 4.69) is 15.6 Å². The molecule has 0 radical (unpaired) electrons. The number of carbonyl (C=O) groups excluding carboxylic acids is 1. The number of aromatic nitrogens is 1. The third-order valence-corrected chi connectivity index (χ3v) is 3.04. The van der Waals surface area contributed by atoms with Gasteiger partial charge in [-0.1, -0.05) is 13.8 Å². The lowest BCUT2D eigenvalue weighted by molar-refractivity contribution is -0.119. The van der Waals surface area contributed by atoms with Crippen LogP contribution >= 0.6 is 11.3 Å². The molecule has 0 atom stereocenters. The molecule has 1 aromatic heterocycles. The van der Waals surface area contributed by atoms with E-state index in [1.165, 1.54) is 11.3 Å². The fourth-order valence-electron chi connectivity index (χ4n) is 1.21. The van der Waals surface area contributed by atoms with Crippen molar-refractivity contribution in [3.8, 4) is 0 Å². The zero-order valence-corrected chi connectivity index (χ0v) is 11.4. The van der Waals surface area contributed by atoms with Crippen LogP contribution < -0.4 is 10.6 Å². The van der Waals surface area contributed by atoms with Crippen LogP contribution in [0.4, 0.5) is 5.13 Å². The van der Waals surface area contributed by atoms with Crippen molar-refractivity contribution in [3.05, 3.63) is 10.6 Å². The molecule has 0 saturated carbocycles. The highest BCUT2D eigenvalue weighted by atomic mass is 32.1. The Bertz CT molecular complexity index is 443. The first-order valence-electron chi connectivity index (χ1n) is 5.61. The van der Waals surface area contributed by atoms with Gasteiger partial charge < -0.3 is 15.7 Å². The van der Waals surface area contributed by atoms with E-state index >= 15 is 0 Å². The van der Waals surface area contributed by atoms with Crippen molar-refractivity contribution in [2.75, 3.05) is 18.4 Å². The normalized spacial score (nSPS) is 10.4. The number of nitrogens with zero attached hydrogens (tertiary/aromatic N) is 1. The number of anilines is 1. The van der Waals surface area contributed by atoms with Gasteiger partial charge in [-0.25, -0.2) is 9.78 Å². The van der Waals surface area contributed by atoms with Crippen molar-refractivity contribution in [1.82, 2.24) is 10.3 Å². The maximum Gasteiger partial charge on any atom is 0.355 e. The van der Waals surface area contributed by atoms with Crippen LogP contribution in [0.15, 0.2) is 0 Å². The number of carboxylic acids is 1. The fraction of sp³-hybridized carbons (Fsp3) is 0.545. The van der Waals surface area contributed by atoms with E-state index in [-0.39, 0.29) is 18.1 Å². The highest BCUT2D eigenvalue weighted by molar-refractivity contribution is 7.15. The molecule has 1 amide bonds. The fourth-order valence-corrected chi connectivity index (χ4v) is 2.01. The van der Waals surface area contributed by atoms with Crippen molar-refractivity contribution in [2.45, 2.75) is 20.8 Å². The van der Waals surface area contributed by atoms with Gasteiger partial charge in [-0.05, 0) is 12.8 Å². The van der Waals surface area contributed by atoms with Crippen LogP contribution in [0.5, 0.6) is 0 Å². The summed E-state index contributed by atoms with van der Waals surface area (Å²) in [5, 5.41) is 14.9. The molecule has 100 valence electrons. The number of carboxylic acid groups (broad SMARTS) is 1. The van der Waals surface area contributed by atoms with Crippen molar-refractivity contribution in [1.29, 1.82) is 0 Å². The molecule has 0 fully saturated rings. The molecule has 1 rings (SSSR count). The van der Waals surface area contributed by atoms with Crippen LogP contribution in [-0.2, 0) is 4.79 Å². The monoisotopic (exact) mass is 271 g/mol. The molecule has 0 aliphatic carbocycles. The lowest BCUT2D eigenvalue weighted by Crippen LogP contribution is -2.32. The standard InChI is InChI=1S/C11H17N3O3S/c1-6(2)4-12-8(15)5-13-11-14-9(10(16)17)7(3)18-11/h6H,4-5H2,1-3H3,(H,12,15)(H,13,14)(H,16,17). The quantitative estimate of drug-likeness (QED) is 0.726. The third kappa shape index (κ3) is 4.33. The Hall–Kier alpha value is -1.63. The number of aryl methyl sites for hydroxylation is 1. The highest BCUT2D eigenvalue weighted by Crippen LogP contribution is 2.21. The van der Waals surface area contributed by atoms with Gasteiger partial charge in [-0.2, -0.15) is 0 Å². The SMILES string of the molecule is Cc1sc(NCC(=O)NCC(C)C)nc1C(=O)O. The van der Waals surface area contributed by atoms with Crippen molar-refractivity contribution in [2.24, 2.45) is 5.92 Å². The number of thiazole rings is 1. The summed E-state index contributed by atoms with van der Waals surface area (Å²) in [4.78, 5) is 26.7. The molecule has 0 unspecified atom stereocenters. The van der Waals surface area contributed by atoms with Gasteiger partial charge in [0.15, 0.2) is 10.8 Å². The van der Waals surface area contributed by atoms with Crippen molar-refractivity contribution < 1.29 is 14.7 Å². The predicted octanol–water partition coefficient (Wildman–Crippen LogP) is 1.33. The van der Waals surface area contributed by atoms with Crippen LogP contribution in [0.2, 0.25) is 0 Å². The zero-order valence-electron chi connectivity index (χ0n) is 10.6. The molecule has 0 bridgehead atoms. The summed E-state index contributed by atoms with van der Waals surface area (Å²) in [6.07, 6.45) is 0. The summed E-state index contributed by atoms with van der Waals surface area (Å²) in [6.45, 7) is 6.43. The molecule has 18 heavy (non-hydrogen) atoms. The Kier molecular flexibility index (Phi) is 5.08. The first-order chi connectivity index (χ1) is 8.40. The number of aromatic carboxylic acids is 1. The van der Waals surface area contributed by atoms with E-state index in [0.29, 0.717) is 22.5 Å². The predicted molar refractivity (Wildman–Crippen MR) is 70.1 cm³/mol. The van der Waals surface area contributed by atoms with Crippen molar-refractivity contribution >= 4 is 28.3 Å². The Balaban J connectivity index is 2.46. The molecule has 7 heteroatoms. The van der Waals surface area contributed by atoms with Crippen LogP contribution in [-0.4, -0.2) is 35.1 Å². The summed E-state index contributed by atoms with van der Waals surface area (Å²) in [5.41, 5.74) is 0.0325. The number of amides is 1. The second kappa shape index (κ2) is 6.34. The van der Waals surface area contributed by atoms with Crippen molar-refractivity contribution in [3.63, 3.8) is 0 Å². The minimum absolute atomic E-state index is 0.0325. The van der Waals surface area contributed by atoms with Gasteiger partial charge in [-0.15, -0.1) is 11.3 Å². The molecule has 3 N–H and O–H groups in total. The summed E-state index contributed by atoms with van der Waals surface area (Å²) in [7, 11) is 0. The molecule has 6 nitrogen and oxygen atoms in total. The second-order valence-electron chi connectivity index (χ2n) is 4.28. The molecule has 0 aliphatic heterocycles. The lowest BCUT2D eigenvalue weighted by atomic mass is 10.2. The Morgan fingerprint density at radius 3 is 2.61 bits per heavy atom. The average Bonchev–Trinajstić information content (AvgIpc) is 2.65. The maximum absolute atomic E-state index is 11.4. The van der Waals surface area contributed by atoms with Gasteiger partial charge in [0.25, 0.3) is 0 Å². The third-order valence-electron chi connectivity index (χ3n) is 2.11. The molecule has 0 saturated heterocycles. The smallest absolute Gasteiger partial charge is 0.355 e. The zero-order chi connectivity index (χ0) is 13.7. The number of rotatable bonds is 6. The number of hydrogen-bond acceptors (Lipinski definition) is 5. The Labute approximate surface area is 109 Å². The Morgan fingerprint density at radius 1 is 1.44 bits per heavy atom. The second-order valence-corrected chi connectivity index (χ2v) is 5.48. The molecule has 0 spiro atoms. The Morgan fingerprint density at radius 2 is 2.11 bits per heavy atom. The average molecular weight is 271 g/mol. The first-order valence-corrected chi connectivity index (χ1v) is 6.43. The summed E-state index contributed by atoms with van der Waals surface area (Å²) in [6, 6.07) is 0. The number of hydrogen-bond donors (Lipinski definition) is 3. The number of nitrogens with one attached hydrogen (secondary N) is 2. The highest BCUT2D eigenvalue weighted by Gasteiger charge is 2.14. The molecule has 0 aromatic carbocycles. The van der Waals surface area contributed by atoms with Gasteiger partial charge in [-0.3, -0.25) is 4.79 Å². The minimum Gasteiger partial charge on any atom is -0.476 e. The topological polar surface area (TPSA) is 91.3 Å². The maximum atomic E-state index is 11.4. The van der Waals surface area contributed by atoms with E-state index in [9.17, 15) is 9.59 Å². The summed E-state index contributed by atoms with van der Waals surface area (Å²) in [5.74, 6) is -0.788. The van der Waals surface area contributed by atoms with Gasteiger partial charge >= 0.3 is 5.97 Å². The molecule has 1 aromatic rings. The minimum atomic E-state index is -1.05. The van der Waals surface area contributed by atoms with Gasteiger partial charge in [0, 0.05) is 11.4 Å².